The normalized spacial score (nSPS) is 20.1. The van der Waals surface area contributed by atoms with Crippen molar-refractivity contribution in [1.82, 2.24) is 25.6 Å². The Morgan fingerprint density at radius 2 is 2.03 bits per heavy atom. The van der Waals surface area contributed by atoms with Crippen molar-refractivity contribution < 1.29 is 18.6 Å². The molecular formula is C24H28FN5O3. The van der Waals surface area contributed by atoms with Gasteiger partial charge >= 0.3 is 0 Å². The lowest BCUT2D eigenvalue weighted by Crippen LogP contribution is -2.47. The Morgan fingerprint density at radius 3 is 2.85 bits per heavy atom. The molecule has 0 aromatic carbocycles. The molecule has 5 heterocycles. The first-order chi connectivity index (χ1) is 16.2. The van der Waals surface area contributed by atoms with Gasteiger partial charge in [-0.15, -0.1) is 0 Å². The molecular weight excluding hydrogens is 425 g/mol. The lowest BCUT2D eigenvalue weighted by molar-refractivity contribution is 0.170. The van der Waals surface area contributed by atoms with E-state index in [4.69, 9.17) is 14.2 Å². The number of hydrogen-bond donors (Lipinski definition) is 2. The maximum absolute atomic E-state index is 14.5. The Bertz CT molecular complexity index is 1120. The number of fused-ring (bicyclic) bond motifs is 2. The average Bonchev–Trinajstić information content (AvgIpc) is 2.87. The van der Waals surface area contributed by atoms with Crippen molar-refractivity contribution in [3.05, 3.63) is 47.7 Å². The summed E-state index contributed by atoms with van der Waals surface area (Å²) in [7, 11) is 1.56. The van der Waals surface area contributed by atoms with Gasteiger partial charge in [0.2, 0.25) is 5.88 Å². The fourth-order valence-electron chi connectivity index (χ4n) is 4.42. The molecule has 2 N–H and O–H groups in total. The molecule has 0 aliphatic carbocycles. The van der Waals surface area contributed by atoms with Gasteiger partial charge in [-0.3, -0.25) is 9.97 Å². The summed E-state index contributed by atoms with van der Waals surface area (Å²) >= 11 is 0. The highest BCUT2D eigenvalue weighted by Crippen LogP contribution is 2.29. The third-order valence-electron chi connectivity index (χ3n) is 6.27. The number of aromatic nitrogens is 3. The van der Waals surface area contributed by atoms with Crippen LogP contribution in [0.3, 0.4) is 0 Å². The predicted octanol–water partition coefficient (Wildman–Crippen LogP) is 2.79. The molecule has 1 fully saturated rings. The molecule has 0 spiro atoms. The number of hydrogen-bond acceptors (Lipinski definition) is 8. The van der Waals surface area contributed by atoms with Crippen LogP contribution >= 0.6 is 0 Å². The number of nitrogens with zero attached hydrogens (tertiary/aromatic N) is 3. The molecule has 8 nitrogen and oxygen atoms in total. The summed E-state index contributed by atoms with van der Waals surface area (Å²) in [5.74, 6) is 1.62. The zero-order chi connectivity index (χ0) is 22.6. The van der Waals surface area contributed by atoms with Gasteiger partial charge in [0.05, 0.1) is 36.2 Å². The maximum atomic E-state index is 14.5. The number of pyridine rings is 3. The molecule has 1 saturated heterocycles. The van der Waals surface area contributed by atoms with Crippen LogP contribution in [0.2, 0.25) is 0 Å². The third kappa shape index (κ3) is 4.99. The van der Waals surface area contributed by atoms with E-state index in [9.17, 15) is 4.39 Å². The fourth-order valence-corrected chi connectivity index (χ4v) is 4.42. The minimum atomic E-state index is -0.314. The van der Waals surface area contributed by atoms with E-state index in [1.165, 1.54) is 6.20 Å². The monoisotopic (exact) mass is 453 g/mol. The molecule has 2 aliphatic heterocycles. The van der Waals surface area contributed by atoms with Crippen molar-refractivity contribution in [2.24, 2.45) is 0 Å². The van der Waals surface area contributed by atoms with Crippen molar-refractivity contribution in [1.29, 1.82) is 0 Å². The number of piperidine rings is 1. The molecule has 0 amide bonds. The first kappa shape index (κ1) is 21.8. The van der Waals surface area contributed by atoms with Gasteiger partial charge in [0.1, 0.15) is 19.0 Å². The van der Waals surface area contributed by atoms with E-state index in [1.807, 2.05) is 12.1 Å². The Morgan fingerprint density at radius 1 is 1.15 bits per heavy atom. The lowest BCUT2D eigenvalue weighted by Gasteiger charge is -2.30. The molecule has 0 unspecified atom stereocenters. The second-order valence-corrected chi connectivity index (χ2v) is 8.42. The fraction of sp³-hybridized carbons (Fsp3) is 0.458. The molecule has 3 aromatic rings. The summed E-state index contributed by atoms with van der Waals surface area (Å²) in [6.07, 6.45) is 6.52. The van der Waals surface area contributed by atoms with Crippen molar-refractivity contribution in [3.8, 4) is 17.4 Å². The molecule has 2 atom stereocenters. The highest BCUT2D eigenvalue weighted by molar-refractivity contribution is 5.78. The van der Waals surface area contributed by atoms with Gasteiger partial charge in [-0.1, -0.05) is 0 Å². The topological polar surface area (TPSA) is 90.4 Å². The number of halogens is 1. The van der Waals surface area contributed by atoms with E-state index in [0.717, 1.165) is 37.3 Å². The number of aryl methyl sites for hydroxylation is 1. The number of nitrogens with one attached hydrogen (secondary N) is 2. The maximum Gasteiger partial charge on any atom is 0.213 e. The second kappa shape index (κ2) is 9.84. The minimum absolute atomic E-state index is 0.314. The van der Waals surface area contributed by atoms with Gasteiger partial charge in [-0.05, 0) is 31.7 Å². The van der Waals surface area contributed by atoms with Crippen LogP contribution in [-0.4, -0.2) is 53.9 Å². The molecule has 0 bridgehead atoms. The van der Waals surface area contributed by atoms with Crippen LogP contribution in [-0.2, 0) is 13.0 Å². The van der Waals surface area contributed by atoms with E-state index >= 15 is 0 Å². The van der Waals surface area contributed by atoms with Crippen molar-refractivity contribution in [3.63, 3.8) is 0 Å². The predicted molar refractivity (Wildman–Crippen MR) is 121 cm³/mol. The molecule has 3 aromatic heterocycles. The van der Waals surface area contributed by atoms with Crippen LogP contribution in [0.15, 0.2) is 30.6 Å². The summed E-state index contributed by atoms with van der Waals surface area (Å²) in [6, 6.07) is 6.20. The van der Waals surface area contributed by atoms with Crippen LogP contribution < -0.4 is 24.8 Å². The number of ether oxygens (including phenoxy) is 3. The van der Waals surface area contributed by atoms with Crippen molar-refractivity contribution >= 4 is 11.0 Å². The van der Waals surface area contributed by atoms with Crippen LogP contribution in [0.25, 0.3) is 11.0 Å². The smallest absolute Gasteiger partial charge is 0.213 e. The summed E-state index contributed by atoms with van der Waals surface area (Å²) in [4.78, 5) is 13.0. The lowest BCUT2D eigenvalue weighted by atomic mass is 9.95. The average molecular weight is 454 g/mol. The minimum Gasteiger partial charge on any atom is -0.486 e. The van der Waals surface area contributed by atoms with Gasteiger partial charge < -0.3 is 24.8 Å². The number of methoxy groups -OCH3 is 1. The van der Waals surface area contributed by atoms with Crippen LogP contribution in [0.5, 0.6) is 17.4 Å². The first-order valence-corrected chi connectivity index (χ1v) is 11.4. The Kier molecular flexibility index (Phi) is 6.50. The van der Waals surface area contributed by atoms with Crippen LogP contribution in [0.4, 0.5) is 4.39 Å². The van der Waals surface area contributed by atoms with Crippen molar-refractivity contribution in [2.45, 2.75) is 44.3 Å². The molecule has 0 saturated carbocycles. The van der Waals surface area contributed by atoms with Crippen LogP contribution in [0.1, 0.15) is 30.5 Å². The van der Waals surface area contributed by atoms with Crippen molar-refractivity contribution in [2.75, 3.05) is 26.9 Å². The molecule has 33 heavy (non-hydrogen) atoms. The SMILES string of the molecule is COc1ccc2ncc(F)c(CC[C@H]3CC[C@@H](NCc4cc5c(cn4)OCCO5)CN3)c2n1. The largest absolute Gasteiger partial charge is 0.486 e. The van der Waals surface area contributed by atoms with Gasteiger partial charge in [0.25, 0.3) is 0 Å². The van der Waals surface area contributed by atoms with E-state index in [-0.39, 0.29) is 5.82 Å². The van der Waals surface area contributed by atoms with E-state index in [2.05, 4.69) is 25.6 Å². The van der Waals surface area contributed by atoms with Gasteiger partial charge in [0, 0.05) is 42.9 Å². The van der Waals surface area contributed by atoms with Crippen LogP contribution in [0, 0.1) is 5.82 Å². The third-order valence-corrected chi connectivity index (χ3v) is 6.27. The molecule has 9 heteroatoms. The molecule has 5 rings (SSSR count). The molecule has 174 valence electrons. The summed E-state index contributed by atoms with van der Waals surface area (Å²) in [6.45, 7) is 2.67. The second-order valence-electron chi connectivity index (χ2n) is 8.42. The summed E-state index contributed by atoms with van der Waals surface area (Å²) in [5, 5.41) is 7.18. The Hall–Kier alpha value is -3.04. The summed E-state index contributed by atoms with van der Waals surface area (Å²) in [5.41, 5.74) is 2.80. The Labute approximate surface area is 191 Å². The standard InChI is InChI=1S/C24H28FN5O3/c1-31-23-7-6-20-24(30-23)18(19(25)13-29-20)5-4-15-2-3-16(11-26-15)27-12-17-10-21-22(14-28-17)33-9-8-32-21/h6-7,10,13-16,26-27H,2-5,8-9,11-12H2,1H3/t15-,16-/m1/s1. The summed E-state index contributed by atoms with van der Waals surface area (Å²) < 4.78 is 30.9. The Balaban J connectivity index is 1.13. The van der Waals surface area contributed by atoms with Gasteiger partial charge in [-0.25, -0.2) is 9.37 Å². The highest BCUT2D eigenvalue weighted by Gasteiger charge is 2.22. The zero-order valence-corrected chi connectivity index (χ0v) is 18.6. The zero-order valence-electron chi connectivity index (χ0n) is 18.6. The first-order valence-electron chi connectivity index (χ1n) is 11.4. The van der Waals surface area contributed by atoms with Gasteiger partial charge in [0.15, 0.2) is 11.5 Å². The number of rotatable bonds is 7. The molecule has 0 radical (unpaired) electrons. The van der Waals surface area contributed by atoms with E-state index in [1.54, 1.807) is 19.4 Å². The van der Waals surface area contributed by atoms with E-state index < -0.39 is 0 Å². The van der Waals surface area contributed by atoms with E-state index in [0.29, 0.717) is 66.5 Å². The quantitative estimate of drug-likeness (QED) is 0.565. The van der Waals surface area contributed by atoms with Gasteiger partial charge in [-0.2, -0.15) is 0 Å². The highest BCUT2D eigenvalue weighted by atomic mass is 19.1. The molecule has 2 aliphatic rings.